The molecule has 0 aliphatic carbocycles. The van der Waals surface area contributed by atoms with Gasteiger partial charge in [-0.05, 0) is 19.5 Å². The Balaban J connectivity index is -0.0000000603. The van der Waals surface area contributed by atoms with Gasteiger partial charge in [-0.25, -0.2) is 0 Å². The van der Waals surface area contributed by atoms with E-state index in [0.29, 0.717) is 0 Å². The molecule has 0 spiro atoms. The zero-order valence-electron chi connectivity index (χ0n) is 12.0. The van der Waals surface area contributed by atoms with Crippen LogP contribution in [0.4, 0.5) is 0 Å². The van der Waals surface area contributed by atoms with Crippen molar-refractivity contribution in [2.75, 3.05) is 13.1 Å². The van der Waals surface area contributed by atoms with Crippen molar-refractivity contribution >= 4 is 0 Å². The lowest BCUT2D eigenvalue weighted by Crippen LogP contribution is -2.13. The molecule has 0 aromatic heterocycles. The molecular weight excluding hydrogens is 170 g/mol. The van der Waals surface area contributed by atoms with Crippen molar-refractivity contribution in [2.45, 2.75) is 74.7 Å². The van der Waals surface area contributed by atoms with Crippen LogP contribution in [0.15, 0.2) is 0 Å². The van der Waals surface area contributed by atoms with Crippen molar-refractivity contribution in [1.29, 1.82) is 0 Å². The molecule has 1 N–H and O–H groups in total. The molecular formula is C13H35N. The van der Waals surface area contributed by atoms with Crippen LogP contribution in [0.3, 0.4) is 0 Å². The molecule has 0 aliphatic rings. The van der Waals surface area contributed by atoms with E-state index in [1.807, 2.05) is 27.7 Å². The van der Waals surface area contributed by atoms with Gasteiger partial charge >= 0.3 is 0 Å². The third-order valence-electron chi connectivity index (χ3n) is 0.957. The number of rotatable bonds is 4. The maximum Gasteiger partial charge on any atom is -0.00491 e. The van der Waals surface area contributed by atoms with Gasteiger partial charge in [0.05, 0.1) is 0 Å². The van der Waals surface area contributed by atoms with E-state index >= 15 is 0 Å². The maximum absolute atomic E-state index is 3.25. The molecule has 0 saturated carbocycles. The Labute approximate surface area is 93.7 Å². The SMILES string of the molecule is CC.CC.CCC.CCCCNCC. The summed E-state index contributed by atoms with van der Waals surface area (Å²) >= 11 is 0. The largest absolute Gasteiger partial charge is 0.317 e. The Bertz CT molecular complexity index is 32.2. The van der Waals surface area contributed by atoms with E-state index in [9.17, 15) is 0 Å². The number of nitrogens with one attached hydrogen (secondary N) is 1. The van der Waals surface area contributed by atoms with Crippen LogP contribution >= 0.6 is 0 Å². The molecule has 0 aromatic rings. The highest BCUT2D eigenvalue weighted by Gasteiger charge is 1.77. The van der Waals surface area contributed by atoms with E-state index in [0.717, 1.165) is 6.54 Å². The van der Waals surface area contributed by atoms with Crippen LogP contribution in [0.1, 0.15) is 74.7 Å². The second kappa shape index (κ2) is 52.2. The molecule has 0 saturated heterocycles. The van der Waals surface area contributed by atoms with E-state index in [1.165, 1.54) is 25.8 Å². The minimum Gasteiger partial charge on any atom is -0.317 e. The Hall–Kier alpha value is -0.0400. The Morgan fingerprint density at radius 2 is 1.14 bits per heavy atom. The summed E-state index contributed by atoms with van der Waals surface area (Å²) in [7, 11) is 0. The Kier molecular flexibility index (Phi) is 88.1. The molecule has 0 radical (unpaired) electrons. The van der Waals surface area contributed by atoms with Crippen molar-refractivity contribution in [2.24, 2.45) is 0 Å². The van der Waals surface area contributed by atoms with Crippen LogP contribution in [0.5, 0.6) is 0 Å². The highest BCUT2D eigenvalue weighted by Crippen LogP contribution is 1.80. The molecule has 0 bridgehead atoms. The lowest BCUT2D eigenvalue weighted by molar-refractivity contribution is 0.663. The quantitative estimate of drug-likeness (QED) is 0.646. The summed E-state index contributed by atoms with van der Waals surface area (Å²) in [5, 5.41) is 3.25. The summed E-state index contributed by atoms with van der Waals surface area (Å²) in [6.45, 7) is 18.9. The van der Waals surface area contributed by atoms with Gasteiger partial charge in [-0.1, -0.05) is 68.2 Å². The van der Waals surface area contributed by atoms with Crippen molar-refractivity contribution in [1.82, 2.24) is 5.32 Å². The van der Waals surface area contributed by atoms with Crippen LogP contribution < -0.4 is 5.32 Å². The van der Waals surface area contributed by atoms with Crippen LogP contribution in [-0.2, 0) is 0 Å². The van der Waals surface area contributed by atoms with E-state index in [1.54, 1.807) is 0 Å². The van der Waals surface area contributed by atoms with Crippen LogP contribution in [0, 0.1) is 0 Å². The molecule has 0 aromatic carbocycles. The van der Waals surface area contributed by atoms with E-state index in [-0.39, 0.29) is 0 Å². The fourth-order valence-electron chi connectivity index (χ4n) is 0.479. The molecule has 1 heteroatoms. The second-order valence-electron chi connectivity index (χ2n) is 2.41. The number of hydrogen-bond acceptors (Lipinski definition) is 1. The highest BCUT2D eigenvalue weighted by molar-refractivity contribution is 4.39. The van der Waals surface area contributed by atoms with Gasteiger partial charge in [0.25, 0.3) is 0 Å². The van der Waals surface area contributed by atoms with Gasteiger partial charge in [0.15, 0.2) is 0 Å². The number of unbranched alkanes of at least 4 members (excludes halogenated alkanes) is 1. The first-order valence-corrected chi connectivity index (χ1v) is 6.54. The summed E-state index contributed by atoms with van der Waals surface area (Å²) in [5.41, 5.74) is 0. The van der Waals surface area contributed by atoms with Gasteiger partial charge in [-0.2, -0.15) is 0 Å². The fraction of sp³-hybridized carbons (Fsp3) is 1.00. The maximum atomic E-state index is 3.25. The topological polar surface area (TPSA) is 12.0 Å². The summed E-state index contributed by atoms with van der Waals surface area (Å²) in [6.07, 6.45) is 3.86. The lowest BCUT2D eigenvalue weighted by atomic mass is 10.3. The van der Waals surface area contributed by atoms with Crippen LogP contribution in [0.2, 0.25) is 0 Å². The zero-order chi connectivity index (χ0) is 12.2. The standard InChI is InChI=1S/C6H15N.C3H8.2C2H6/c1-3-5-6-7-4-2;1-3-2;2*1-2/h7H,3-6H2,1-2H3;3H2,1-2H3;2*1-2H3. The molecule has 0 aliphatic heterocycles. The molecule has 0 amide bonds. The third-order valence-corrected chi connectivity index (χ3v) is 0.957. The van der Waals surface area contributed by atoms with Gasteiger partial charge in [0.2, 0.25) is 0 Å². The Morgan fingerprint density at radius 1 is 0.786 bits per heavy atom. The molecule has 14 heavy (non-hydrogen) atoms. The van der Waals surface area contributed by atoms with Crippen LogP contribution in [0.25, 0.3) is 0 Å². The molecule has 0 atom stereocenters. The van der Waals surface area contributed by atoms with Crippen molar-refractivity contribution < 1.29 is 0 Å². The van der Waals surface area contributed by atoms with Gasteiger partial charge in [0, 0.05) is 0 Å². The minimum absolute atomic E-state index is 1.11. The predicted molar refractivity (Wildman–Crippen MR) is 72.1 cm³/mol. The summed E-state index contributed by atoms with van der Waals surface area (Å²) in [4.78, 5) is 0. The fourth-order valence-corrected chi connectivity index (χ4v) is 0.479. The first kappa shape index (κ1) is 23.6. The average Bonchev–Trinajstić information content (AvgIpc) is 2.26. The molecule has 0 fully saturated rings. The number of hydrogen-bond donors (Lipinski definition) is 1. The normalized spacial score (nSPS) is 6.86. The molecule has 0 rings (SSSR count). The summed E-state index contributed by atoms with van der Waals surface area (Å²) in [5.74, 6) is 0. The van der Waals surface area contributed by atoms with Gasteiger partial charge in [-0.3, -0.25) is 0 Å². The van der Waals surface area contributed by atoms with Crippen LogP contribution in [-0.4, -0.2) is 13.1 Å². The summed E-state index contributed by atoms with van der Waals surface area (Å²) in [6, 6.07) is 0. The van der Waals surface area contributed by atoms with E-state index < -0.39 is 0 Å². The molecule has 0 heterocycles. The van der Waals surface area contributed by atoms with E-state index in [2.05, 4.69) is 33.0 Å². The van der Waals surface area contributed by atoms with Gasteiger partial charge in [0.1, 0.15) is 0 Å². The van der Waals surface area contributed by atoms with Crippen molar-refractivity contribution in [3.05, 3.63) is 0 Å². The third kappa shape index (κ3) is 91.6. The zero-order valence-corrected chi connectivity index (χ0v) is 12.0. The van der Waals surface area contributed by atoms with E-state index in [4.69, 9.17) is 0 Å². The smallest absolute Gasteiger partial charge is 0.00491 e. The lowest BCUT2D eigenvalue weighted by Gasteiger charge is -1.95. The second-order valence-corrected chi connectivity index (χ2v) is 2.41. The monoisotopic (exact) mass is 205 g/mol. The first-order chi connectivity index (χ1) is 6.83. The predicted octanol–water partition coefficient (Wildman–Crippen LogP) is 4.86. The first-order valence-electron chi connectivity index (χ1n) is 6.54. The molecule has 0 unspecified atom stereocenters. The highest BCUT2D eigenvalue weighted by atomic mass is 14.8. The molecule has 92 valence electrons. The summed E-state index contributed by atoms with van der Waals surface area (Å²) < 4.78 is 0. The van der Waals surface area contributed by atoms with Crippen molar-refractivity contribution in [3.63, 3.8) is 0 Å². The van der Waals surface area contributed by atoms with Gasteiger partial charge < -0.3 is 5.32 Å². The molecule has 1 nitrogen and oxygen atoms in total. The van der Waals surface area contributed by atoms with Gasteiger partial charge in [-0.15, -0.1) is 0 Å². The van der Waals surface area contributed by atoms with Crippen molar-refractivity contribution in [3.8, 4) is 0 Å². The average molecular weight is 205 g/mol. The Morgan fingerprint density at radius 3 is 1.36 bits per heavy atom. The minimum atomic E-state index is 1.11.